The lowest BCUT2D eigenvalue weighted by Crippen LogP contribution is -2.30. The van der Waals surface area contributed by atoms with E-state index in [9.17, 15) is 9.90 Å². The number of hydrogen-bond acceptors (Lipinski definition) is 4. The molecule has 0 aromatic carbocycles. The van der Waals surface area contributed by atoms with Gasteiger partial charge in [0.15, 0.2) is 0 Å². The summed E-state index contributed by atoms with van der Waals surface area (Å²) in [7, 11) is 0. The maximum absolute atomic E-state index is 11.8. The largest absolute Gasteiger partial charge is 0.467 e. The van der Waals surface area contributed by atoms with Crippen LogP contribution in [0, 0.1) is 0 Å². The topological polar surface area (TPSA) is 62.5 Å². The summed E-state index contributed by atoms with van der Waals surface area (Å²) >= 11 is 7.35. The fourth-order valence-corrected chi connectivity index (χ4v) is 2.76. The van der Waals surface area contributed by atoms with Crippen molar-refractivity contribution in [2.24, 2.45) is 0 Å². The van der Waals surface area contributed by atoms with Crippen LogP contribution in [0.15, 0.2) is 34.3 Å². The van der Waals surface area contributed by atoms with Gasteiger partial charge in [0, 0.05) is 16.7 Å². The van der Waals surface area contributed by atoms with Gasteiger partial charge in [0.25, 0.3) is 0 Å². The van der Waals surface area contributed by atoms with Gasteiger partial charge in [-0.3, -0.25) is 4.79 Å². The lowest BCUT2D eigenvalue weighted by atomic mass is 10.2. The van der Waals surface area contributed by atoms with Crippen LogP contribution in [-0.2, 0) is 11.2 Å². The predicted molar refractivity (Wildman–Crippen MR) is 74.3 cm³/mol. The fourth-order valence-electron chi connectivity index (χ4n) is 1.68. The average Bonchev–Trinajstić information content (AvgIpc) is 3.05. The number of halogens is 1. The first-order valence-corrected chi connectivity index (χ1v) is 7.11. The molecule has 0 saturated carbocycles. The molecule has 2 rings (SSSR count). The van der Waals surface area contributed by atoms with Crippen LogP contribution in [0.5, 0.6) is 0 Å². The number of carbonyl (C=O) groups is 1. The van der Waals surface area contributed by atoms with E-state index in [2.05, 4.69) is 5.32 Å². The third-order valence-electron chi connectivity index (χ3n) is 2.62. The Kier molecular flexibility index (Phi) is 5.01. The molecular weight excluding hydrogens is 286 g/mol. The average molecular weight is 300 g/mol. The molecule has 6 heteroatoms. The highest BCUT2D eigenvalue weighted by Gasteiger charge is 2.16. The molecule has 102 valence electrons. The van der Waals surface area contributed by atoms with Crippen molar-refractivity contribution in [1.82, 2.24) is 5.32 Å². The first-order chi connectivity index (χ1) is 9.19. The van der Waals surface area contributed by atoms with Crippen LogP contribution >= 0.6 is 22.9 Å². The Balaban J connectivity index is 1.83. The van der Waals surface area contributed by atoms with Crippen molar-refractivity contribution in [3.05, 3.63) is 45.5 Å². The fraction of sp³-hybridized carbons (Fsp3) is 0.308. The zero-order chi connectivity index (χ0) is 13.7. The molecule has 1 amide bonds. The minimum atomic E-state index is -0.491. The van der Waals surface area contributed by atoms with Crippen LogP contribution in [0.3, 0.4) is 0 Å². The predicted octanol–water partition coefficient (Wildman–Crippen LogP) is 2.78. The smallest absolute Gasteiger partial charge is 0.221 e. The Hall–Kier alpha value is -1.30. The number of thiophene rings is 1. The summed E-state index contributed by atoms with van der Waals surface area (Å²) in [4.78, 5) is 12.9. The van der Waals surface area contributed by atoms with Crippen LogP contribution in [0.1, 0.15) is 23.1 Å². The van der Waals surface area contributed by atoms with Gasteiger partial charge in [-0.2, -0.15) is 0 Å². The number of aliphatic hydroxyl groups excluding tert-OH is 1. The second-order valence-electron chi connectivity index (χ2n) is 4.05. The van der Waals surface area contributed by atoms with Crippen molar-refractivity contribution < 1.29 is 14.3 Å². The Morgan fingerprint density at radius 2 is 2.42 bits per heavy atom. The van der Waals surface area contributed by atoms with E-state index in [0.717, 1.165) is 4.88 Å². The van der Waals surface area contributed by atoms with E-state index < -0.39 is 6.04 Å². The van der Waals surface area contributed by atoms with Gasteiger partial charge in [-0.15, -0.1) is 11.3 Å². The quantitative estimate of drug-likeness (QED) is 0.862. The van der Waals surface area contributed by atoms with Crippen molar-refractivity contribution in [3.8, 4) is 0 Å². The van der Waals surface area contributed by atoms with Crippen molar-refractivity contribution in [1.29, 1.82) is 0 Å². The number of aryl methyl sites for hydroxylation is 1. The molecule has 0 spiro atoms. The Labute approximate surface area is 120 Å². The summed E-state index contributed by atoms with van der Waals surface area (Å²) < 4.78 is 5.16. The molecule has 0 aliphatic rings. The SMILES string of the molecule is O=C(CCc1cc(Cl)cs1)NC(CO)c1ccco1. The van der Waals surface area contributed by atoms with Crippen molar-refractivity contribution in [3.63, 3.8) is 0 Å². The molecule has 4 nitrogen and oxygen atoms in total. The first kappa shape index (κ1) is 14.1. The van der Waals surface area contributed by atoms with Gasteiger partial charge in [-0.1, -0.05) is 11.6 Å². The third kappa shape index (κ3) is 4.09. The standard InChI is InChI=1S/C13H14ClNO3S/c14-9-6-10(19-8-9)3-4-13(17)15-11(7-16)12-2-1-5-18-12/h1-2,5-6,8,11,16H,3-4,7H2,(H,15,17). The monoisotopic (exact) mass is 299 g/mol. The van der Waals surface area contributed by atoms with Gasteiger partial charge in [-0.05, 0) is 24.6 Å². The van der Waals surface area contributed by atoms with Crippen LogP contribution in [0.4, 0.5) is 0 Å². The molecule has 0 bridgehead atoms. The summed E-state index contributed by atoms with van der Waals surface area (Å²) in [5.74, 6) is 0.426. The molecule has 0 saturated heterocycles. The Morgan fingerprint density at radius 1 is 1.58 bits per heavy atom. The maximum atomic E-state index is 11.8. The zero-order valence-corrected chi connectivity index (χ0v) is 11.7. The summed E-state index contributed by atoms with van der Waals surface area (Å²) in [6.45, 7) is -0.190. The number of amides is 1. The van der Waals surface area contributed by atoms with Gasteiger partial charge in [-0.25, -0.2) is 0 Å². The van der Waals surface area contributed by atoms with E-state index >= 15 is 0 Å². The van der Waals surface area contributed by atoms with E-state index in [1.54, 1.807) is 12.1 Å². The zero-order valence-electron chi connectivity index (χ0n) is 10.1. The number of carbonyl (C=O) groups excluding carboxylic acids is 1. The van der Waals surface area contributed by atoms with Crippen LogP contribution in [0.2, 0.25) is 5.02 Å². The van der Waals surface area contributed by atoms with Crippen LogP contribution in [-0.4, -0.2) is 17.6 Å². The van der Waals surface area contributed by atoms with Gasteiger partial charge in [0.1, 0.15) is 11.8 Å². The summed E-state index contributed by atoms with van der Waals surface area (Å²) in [5, 5.41) is 14.5. The van der Waals surface area contributed by atoms with Crippen LogP contribution < -0.4 is 5.32 Å². The minimum absolute atomic E-state index is 0.125. The molecule has 2 N–H and O–H groups in total. The Morgan fingerprint density at radius 3 is 3.00 bits per heavy atom. The highest BCUT2D eigenvalue weighted by Crippen LogP contribution is 2.20. The van der Waals surface area contributed by atoms with Crippen molar-refractivity contribution in [2.45, 2.75) is 18.9 Å². The molecule has 2 aromatic rings. The molecular formula is C13H14ClNO3S. The van der Waals surface area contributed by atoms with E-state index in [4.69, 9.17) is 16.0 Å². The van der Waals surface area contributed by atoms with E-state index in [1.807, 2.05) is 11.4 Å². The Bertz CT molecular complexity index is 524. The summed E-state index contributed by atoms with van der Waals surface area (Å²) in [6.07, 6.45) is 2.51. The third-order valence-corrected chi connectivity index (χ3v) is 3.97. The number of hydrogen-bond donors (Lipinski definition) is 2. The first-order valence-electron chi connectivity index (χ1n) is 5.85. The van der Waals surface area contributed by atoms with E-state index in [1.165, 1.54) is 17.6 Å². The molecule has 0 aliphatic heterocycles. The second kappa shape index (κ2) is 6.75. The van der Waals surface area contributed by atoms with Crippen molar-refractivity contribution in [2.75, 3.05) is 6.61 Å². The molecule has 1 atom stereocenters. The number of aliphatic hydroxyl groups is 1. The summed E-state index contributed by atoms with van der Waals surface area (Å²) in [6, 6.07) is 4.81. The number of furan rings is 1. The van der Waals surface area contributed by atoms with Gasteiger partial charge in [0.05, 0.1) is 17.9 Å². The second-order valence-corrected chi connectivity index (χ2v) is 5.48. The molecule has 0 fully saturated rings. The molecule has 2 aromatic heterocycles. The van der Waals surface area contributed by atoms with E-state index in [0.29, 0.717) is 23.6 Å². The highest BCUT2D eigenvalue weighted by molar-refractivity contribution is 7.10. The molecule has 19 heavy (non-hydrogen) atoms. The number of nitrogens with one attached hydrogen (secondary N) is 1. The van der Waals surface area contributed by atoms with Crippen LogP contribution in [0.25, 0.3) is 0 Å². The van der Waals surface area contributed by atoms with Gasteiger partial charge >= 0.3 is 0 Å². The van der Waals surface area contributed by atoms with Gasteiger partial charge < -0.3 is 14.8 Å². The van der Waals surface area contributed by atoms with Gasteiger partial charge in [0.2, 0.25) is 5.91 Å². The maximum Gasteiger partial charge on any atom is 0.221 e. The lowest BCUT2D eigenvalue weighted by molar-refractivity contribution is -0.122. The van der Waals surface area contributed by atoms with Crippen molar-refractivity contribution >= 4 is 28.8 Å². The normalized spacial score (nSPS) is 12.3. The molecule has 0 radical (unpaired) electrons. The number of rotatable bonds is 6. The highest BCUT2D eigenvalue weighted by atomic mass is 35.5. The lowest BCUT2D eigenvalue weighted by Gasteiger charge is -2.13. The van der Waals surface area contributed by atoms with E-state index in [-0.39, 0.29) is 12.5 Å². The molecule has 1 unspecified atom stereocenters. The minimum Gasteiger partial charge on any atom is -0.467 e. The molecule has 0 aliphatic carbocycles. The summed E-state index contributed by atoms with van der Waals surface area (Å²) in [5.41, 5.74) is 0. The molecule has 2 heterocycles.